The van der Waals surface area contributed by atoms with Gasteiger partial charge in [0.2, 0.25) is 5.88 Å². The van der Waals surface area contributed by atoms with Crippen LogP contribution in [0.25, 0.3) is 11.3 Å². The molecule has 2 aromatic carbocycles. The average molecular weight is 354 g/mol. The lowest BCUT2D eigenvalue weighted by Crippen LogP contribution is -2.32. The Bertz CT molecular complexity index is 890. The van der Waals surface area contributed by atoms with Crippen molar-refractivity contribution in [2.24, 2.45) is 0 Å². The van der Waals surface area contributed by atoms with Crippen LogP contribution in [0, 0.1) is 12.7 Å². The highest BCUT2D eigenvalue weighted by Crippen LogP contribution is 2.23. The molecule has 1 atom stereocenters. The van der Waals surface area contributed by atoms with Crippen LogP contribution in [0.1, 0.15) is 18.9 Å². The first-order valence-corrected chi connectivity index (χ1v) is 8.32. The Balaban J connectivity index is 1.68. The highest BCUT2D eigenvalue weighted by atomic mass is 19.1. The molecule has 1 N–H and O–H groups in total. The van der Waals surface area contributed by atoms with E-state index in [4.69, 9.17) is 9.26 Å². The summed E-state index contributed by atoms with van der Waals surface area (Å²) in [5.41, 5.74) is 2.64. The Labute approximate surface area is 150 Å². The number of benzene rings is 2. The van der Waals surface area contributed by atoms with Crippen LogP contribution in [0.3, 0.4) is 0 Å². The molecule has 0 aliphatic carbocycles. The van der Waals surface area contributed by atoms with E-state index in [-0.39, 0.29) is 11.6 Å². The predicted octanol–water partition coefficient (Wildman–Crippen LogP) is 4.59. The first-order valence-electron chi connectivity index (χ1n) is 8.32. The fourth-order valence-electron chi connectivity index (χ4n) is 2.41. The number of ether oxygens (including phenoxy) is 1. The summed E-state index contributed by atoms with van der Waals surface area (Å²) in [7, 11) is 0. The van der Waals surface area contributed by atoms with Gasteiger partial charge in [0.25, 0.3) is 5.91 Å². The molecule has 0 saturated carbocycles. The fraction of sp³-hybridized carbons (Fsp3) is 0.200. The molecule has 134 valence electrons. The Morgan fingerprint density at radius 2 is 1.96 bits per heavy atom. The lowest BCUT2D eigenvalue weighted by molar-refractivity contribution is -0.123. The van der Waals surface area contributed by atoms with Crippen molar-refractivity contribution in [1.29, 1.82) is 0 Å². The molecule has 1 amide bonds. The summed E-state index contributed by atoms with van der Waals surface area (Å²) < 4.78 is 24.4. The van der Waals surface area contributed by atoms with Crippen LogP contribution in [-0.2, 0) is 4.79 Å². The largest absolute Gasteiger partial charge is 0.478 e. The van der Waals surface area contributed by atoms with Crippen molar-refractivity contribution in [3.8, 4) is 17.0 Å². The van der Waals surface area contributed by atoms with E-state index in [0.29, 0.717) is 12.1 Å². The summed E-state index contributed by atoms with van der Waals surface area (Å²) in [5.74, 6) is -0.698. The van der Waals surface area contributed by atoms with Gasteiger partial charge in [0.1, 0.15) is 5.69 Å². The zero-order chi connectivity index (χ0) is 18.5. The molecule has 3 rings (SSSR count). The first-order chi connectivity index (χ1) is 12.6. The van der Waals surface area contributed by atoms with Crippen LogP contribution in [0.4, 0.5) is 10.3 Å². The summed E-state index contributed by atoms with van der Waals surface area (Å²) in [4.78, 5) is 12.4. The van der Waals surface area contributed by atoms with Gasteiger partial charge in [-0.05, 0) is 25.5 Å². The van der Waals surface area contributed by atoms with Crippen molar-refractivity contribution in [3.05, 3.63) is 66.0 Å². The van der Waals surface area contributed by atoms with Gasteiger partial charge >= 0.3 is 0 Å². The zero-order valence-corrected chi connectivity index (χ0v) is 14.5. The van der Waals surface area contributed by atoms with Crippen molar-refractivity contribution in [2.75, 3.05) is 5.32 Å². The number of aryl methyl sites for hydroxylation is 1. The van der Waals surface area contributed by atoms with E-state index in [0.717, 1.165) is 11.1 Å². The SMILES string of the molecule is CC[C@H](Oc1ccccc1F)C(=O)Nc1cc(-c2ccc(C)cc2)no1. The minimum absolute atomic E-state index is 0.0346. The van der Waals surface area contributed by atoms with Gasteiger partial charge in [0.15, 0.2) is 17.7 Å². The summed E-state index contributed by atoms with van der Waals surface area (Å²) in [6.07, 6.45) is -0.473. The molecule has 0 saturated heterocycles. The van der Waals surface area contributed by atoms with Crippen LogP contribution in [0.5, 0.6) is 5.75 Å². The van der Waals surface area contributed by atoms with Gasteiger partial charge in [-0.3, -0.25) is 10.1 Å². The van der Waals surface area contributed by atoms with E-state index in [9.17, 15) is 9.18 Å². The van der Waals surface area contributed by atoms with Crippen molar-refractivity contribution < 1.29 is 18.4 Å². The molecule has 1 heterocycles. The third kappa shape index (κ3) is 4.08. The summed E-state index contributed by atoms with van der Waals surface area (Å²) in [6, 6.07) is 15.4. The van der Waals surface area contributed by atoms with E-state index in [1.807, 2.05) is 31.2 Å². The Kier molecular flexibility index (Phi) is 5.31. The second-order valence-electron chi connectivity index (χ2n) is 5.88. The second-order valence-corrected chi connectivity index (χ2v) is 5.88. The highest BCUT2D eigenvalue weighted by molar-refractivity contribution is 5.93. The van der Waals surface area contributed by atoms with Gasteiger partial charge in [-0.2, -0.15) is 0 Å². The predicted molar refractivity (Wildman–Crippen MR) is 96.4 cm³/mol. The van der Waals surface area contributed by atoms with Crippen LogP contribution in [-0.4, -0.2) is 17.2 Å². The van der Waals surface area contributed by atoms with Crippen molar-refractivity contribution >= 4 is 11.8 Å². The molecular weight excluding hydrogens is 335 g/mol. The minimum atomic E-state index is -0.847. The number of nitrogens with zero attached hydrogens (tertiary/aromatic N) is 1. The van der Waals surface area contributed by atoms with E-state index in [1.54, 1.807) is 25.1 Å². The van der Waals surface area contributed by atoms with Gasteiger partial charge in [0, 0.05) is 11.6 Å². The van der Waals surface area contributed by atoms with Gasteiger partial charge in [-0.15, -0.1) is 0 Å². The molecule has 0 fully saturated rings. The molecule has 6 heteroatoms. The lowest BCUT2D eigenvalue weighted by Gasteiger charge is -2.16. The number of hydrogen-bond donors (Lipinski definition) is 1. The summed E-state index contributed by atoms with van der Waals surface area (Å²) in [6.45, 7) is 3.78. The van der Waals surface area contributed by atoms with Gasteiger partial charge in [0.05, 0.1) is 0 Å². The normalized spacial score (nSPS) is 11.8. The summed E-state index contributed by atoms with van der Waals surface area (Å²) >= 11 is 0. The first kappa shape index (κ1) is 17.7. The molecular formula is C20H19FN2O3. The monoisotopic (exact) mass is 354 g/mol. The lowest BCUT2D eigenvalue weighted by atomic mass is 10.1. The molecule has 0 radical (unpaired) electrons. The molecule has 0 aliphatic heterocycles. The molecule has 0 unspecified atom stereocenters. The standard InChI is InChI=1S/C20H19FN2O3/c1-3-17(25-18-7-5-4-6-15(18)21)20(24)22-19-12-16(23-26-19)14-10-8-13(2)9-11-14/h4-12,17H,3H2,1-2H3,(H,22,24)/t17-/m0/s1. The van der Waals surface area contributed by atoms with Gasteiger partial charge in [-0.1, -0.05) is 54.0 Å². The highest BCUT2D eigenvalue weighted by Gasteiger charge is 2.21. The average Bonchev–Trinajstić information content (AvgIpc) is 3.10. The molecule has 0 bridgehead atoms. The summed E-state index contributed by atoms with van der Waals surface area (Å²) in [5, 5.41) is 6.58. The zero-order valence-electron chi connectivity index (χ0n) is 14.5. The number of hydrogen-bond acceptors (Lipinski definition) is 4. The maximum Gasteiger partial charge on any atom is 0.267 e. The number of aromatic nitrogens is 1. The van der Waals surface area contributed by atoms with Crippen LogP contribution >= 0.6 is 0 Å². The van der Waals surface area contributed by atoms with E-state index in [1.165, 1.54) is 12.1 Å². The number of nitrogens with one attached hydrogen (secondary N) is 1. The van der Waals surface area contributed by atoms with Gasteiger partial charge in [-0.25, -0.2) is 4.39 Å². The van der Waals surface area contributed by atoms with Crippen molar-refractivity contribution in [3.63, 3.8) is 0 Å². The van der Waals surface area contributed by atoms with Crippen LogP contribution in [0.2, 0.25) is 0 Å². The minimum Gasteiger partial charge on any atom is -0.478 e. The van der Waals surface area contributed by atoms with Crippen molar-refractivity contribution in [2.45, 2.75) is 26.4 Å². The van der Waals surface area contributed by atoms with Crippen LogP contribution in [0.15, 0.2) is 59.1 Å². The number of para-hydroxylation sites is 1. The molecule has 26 heavy (non-hydrogen) atoms. The molecule has 1 aromatic heterocycles. The quantitative estimate of drug-likeness (QED) is 0.703. The third-order valence-electron chi connectivity index (χ3n) is 3.87. The molecule has 0 spiro atoms. The third-order valence-corrected chi connectivity index (χ3v) is 3.87. The maximum absolute atomic E-state index is 13.7. The maximum atomic E-state index is 13.7. The number of halogens is 1. The number of carbonyl (C=O) groups is 1. The number of rotatable bonds is 6. The van der Waals surface area contributed by atoms with E-state index in [2.05, 4.69) is 10.5 Å². The number of amides is 1. The topological polar surface area (TPSA) is 64.4 Å². The Morgan fingerprint density at radius 3 is 2.65 bits per heavy atom. The van der Waals surface area contributed by atoms with Crippen LogP contribution < -0.4 is 10.1 Å². The second kappa shape index (κ2) is 7.82. The fourth-order valence-corrected chi connectivity index (χ4v) is 2.41. The number of anilines is 1. The van der Waals surface area contributed by atoms with E-state index < -0.39 is 17.8 Å². The Hall–Kier alpha value is -3.15. The van der Waals surface area contributed by atoms with Gasteiger partial charge < -0.3 is 9.26 Å². The number of carbonyl (C=O) groups excluding carboxylic acids is 1. The van der Waals surface area contributed by atoms with Crippen molar-refractivity contribution in [1.82, 2.24) is 5.16 Å². The molecule has 5 nitrogen and oxygen atoms in total. The van der Waals surface area contributed by atoms with E-state index >= 15 is 0 Å². The molecule has 0 aliphatic rings. The molecule has 3 aromatic rings. The smallest absolute Gasteiger partial charge is 0.267 e. The Morgan fingerprint density at radius 1 is 1.23 bits per heavy atom.